The third-order valence-corrected chi connectivity index (χ3v) is 6.43. The molecule has 9 heteroatoms. The summed E-state index contributed by atoms with van der Waals surface area (Å²) in [6.45, 7) is 4.03. The summed E-state index contributed by atoms with van der Waals surface area (Å²) >= 11 is 1.33. The Bertz CT molecular complexity index is 1310. The van der Waals surface area contributed by atoms with E-state index in [9.17, 15) is 13.2 Å². The molecule has 0 saturated carbocycles. The van der Waals surface area contributed by atoms with Gasteiger partial charge in [0.05, 0.1) is 10.6 Å². The van der Waals surface area contributed by atoms with Crippen molar-refractivity contribution in [3.8, 4) is 11.3 Å². The molecule has 0 bridgehead atoms. The molecule has 0 spiro atoms. The third-order valence-electron chi connectivity index (χ3n) is 4.44. The largest absolute Gasteiger partial charge is 0.306 e. The monoisotopic (exact) mass is 438 g/mol. The van der Waals surface area contributed by atoms with Crippen molar-refractivity contribution in [2.75, 3.05) is 17.7 Å². The predicted octanol–water partition coefficient (Wildman–Crippen LogP) is 3.69. The SMILES string of the molecule is C=CCN(C(=O)c1cn2ccccc2n1)c1nc(-c2ccc(S(C)(=O)=O)cc2)cs1. The number of imidazole rings is 1. The van der Waals surface area contributed by atoms with Gasteiger partial charge in [-0.3, -0.25) is 9.69 Å². The second kappa shape index (κ2) is 7.85. The maximum absolute atomic E-state index is 13.1. The Morgan fingerprint density at radius 1 is 1.20 bits per heavy atom. The molecule has 0 aliphatic heterocycles. The Morgan fingerprint density at radius 2 is 1.97 bits per heavy atom. The number of amides is 1. The van der Waals surface area contributed by atoms with Crippen LogP contribution in [0, 0.1) is 0 Å². The topological polar surface area (TPSA) is 84.6 Å². The van der Waals surface area contributed by atoms with Gasteiger partial charge in [-0.1, -0.05) is 24.3 Å². The fourth-order valence-corrected chi connectivity index (χ4v) is 4.42. The van der Waals surface area contributed by atoms with Gasteiger partial charge in [-0.15, -0.1) is 17.9 Å². The molecule has 152 valence electrons. The second-order valence-corrected chi connectivity index (χ2v) is 9.46. The Morgan fingerprint density at radius 3 is 2.63 bits per heavy atom. The van der Waals surface area contributed by atoms with Crippen molar-refractivity contribution in [3.05, 3.63) is 78.6 Å². The molecule has 3 aromatic heterocycles. The van der Waals surface area contributed by atoms with Gasteiger partial charge in [-0.25, -0.2) is 18.4 Å². The van der Waals surface area contributed by atoms with Crippen LogP contribution < -0.4 is 4.90 Å². The molecule has 1 amide bonds. The van der Waals surface area contributed by atoms with E-state index in [-0.39, 0.29) is 17.3 Å². The summed E-state index contributed by atoms with van der Waals surface area (Å²) in [7, 11) is -3.26. The van der Waals surface area contributed by atoms with Crippen LogP contribution in [-0.2, 0) is 9.84 Å². The fourth-order valence-electron chi connectivity index (χ4n) is 2.95. The minimum Gasteiger partial charge on any atom is -0.306 e. The van der Waals surface area contributed by atoms with Gasteiger partial charge in [0.15, 0.2) is 15.0 Å². The summed E-state index contributed by atoms with van der Waals surface area (Å²) in [4.78, 5) is 23.9. The average Bonchev–Trinajstić information content (AvgIpc) is 3.38. The van der Waals surface area contributed by atoms with Crippen molar-refractivity contribution in [2.24, 2.45) is 0 Å². The average molecular weight is 439 g/mol. The lowest BCUT2D eigenvalue weighted by Crippen LogP contribution is -2.31. The van der Waals surface area contributed by atoms with Crippen LogP contribution in [0.15, 0.2) is 77.8 Å². The van der Waals surface area contributed by atoms with Gasteiger partial charge >= 0.3 is 0 Å². The first kappa shape index (κ1) is 20.0. The minimum atomic E-state index is -3.26. The van der Waals surface area contributed by atoms with Gasteiger partial charge < -0.3 is 4.40 Å². The molecule has 0 atom stereocenters. The highest BCUT2D eigenvalue weighted by atomic mass is 32.2. The number of hydrogen-bond donors (Lipinski definition) is 0. The number of thiazole rings is 1. The molecule has 30 heavy (non-hydrogen) atoms. The summed E-state index contributed by atoms with van der Waals surface area (Å²) < 4.78 is 25.1. The Hall–Kier alpha value is -3.30. The summed E-state index contributed by atoms with van der Waals surface area (Å²) in [5, 5.41) is 2.34. The van der Waals surface area contributed by atoms with Crippen LogP contribution in [0.1, 0.15) is 10.5 Å². The molecule has 0 aliphatic rings. The number of carbonyl (C=O) groups is 1. The number of hydrogen-bond acceptors (Lipinski definition) is 6. The lowest BCUT2D eigenvalue weighted by atomic mass is 10.2. The summed E-state index contributed by atoms with van der Waals surface area (Å²) in [5.41, 5.74) is 2.43. The van der Waals surface area contributed by atoms with Crippen molar-refractivity contribution >= 4 is 37.9 Å². The van der Waals surface area contributed by atoms with E-state index >= 15 is 0 Å². The highest BCUT2D eigenvalue weighted by molar-refractivity contribution is 7.90. The third kappa shape index (κ3) is 3.89. The van der Waals surface area contributed by atoms with Crippen molar-refractivity contribution in [3.63, 3.8) is 0 Å². The minimum absolute atomic E-state index is 0.247. The van der Waals surface area contributed by atoms with E-state index < -0.39 is 9.84 Å². The van der Waals surface area contributed by atoms with Gasteiger partial charge in [0, 0.05) is 36.1 Å². The van der Waals surface area contributed by atoms with Gasteiger partial charge in [-0.2, -0.15) is 0 Å². The van der Waals surface area contributed by atoms with Gasteiger partial charge in [0.1, 0.15) is 11.3 Å². The van der Waals surface area contributed by atoms with E-state index in [1.165, 1.54) is 22.5 Å². The van der Waals surface area contributed by atoms with Crippen LogP contribution in [0.3, 0.4) is 0 Å². The number of carbonyl (C=O) groups excluding carboxylic acids is 1. The van der Waals surface area contributed by atoms with E-state index in [1.54, 1.807) is 40.9 Å². The zero-order chi connectivity index (χ0) is 21.3. The first-order chi connectivity index (χ1) is 14.4. The zero-order valence-corrected chi connectivity index (χ0v) is 17.7. The number of anilines is 1. The van der Waals surface area contributed by atoms with E-state index in [0.29, 0.717) is 22.2 Å². The summed E-state index contributed by atoms with van der Waals surface area (Å²) in [6, 6.07) is 12.1. The van der Waals surface area contributed by atoms with Crippen LogP contribution in [0.5, 0.6) is 0 Å². The van der Waals surface area contributed by atoms with Crippen LogP contribution in [0.2, 0.25) is 0 Å². The molecule has 0 saturated heterocycles. The molecule has 0 N–H and O–H groups in total. The highest BCUT2D eigenvalue weighted by Crippen LogP contribution is 2.29. The maximum Gasteiger partial charge on any atom is 0.280 e. The number of benzene rings is 1. The molecule has 4 aromatic rings. The van der Waals surface area contributed by atoms with E-state index in [4.69, 9.17) is 0 Å². The highest BCUT2D eigenvalue weighted by Gasteiger charge is 2.22. The number of fused-ring (bicyclic) bond motifs is 1. The number of nitrogens with zero attached hydrogens (tertiary/aromatic N) is 4. The molecule has 1 aromatic carbocycles. The number of aromatic nitrogens is 3. The molecule has 0 radical (unpaired) electrons. The Labute approximate surface area is 177 Å². The van der Waals surface area contributed by atoms with E-state index in [1.807, 2.05) is 29.8 Å². The standard InChI is InChI=1S/C21H18N4O3S2/c1-3-11-25(20(26)17-13-24-12-5-4-6-19(24)22-17)21-23-18(14-29-21)15-7-9-16(10-8-15)30(2,27)28/h3-10,12-14H,1,11H2,2H3. The van der Waals surface area contributed by atoms with Crippen LogP contribution in [-0.4, -0.2) is 41.5 Å². The summed E-state index contributed by atoms with van der Waals surface area (Å²) in [5.74, 6) is -0.271. The van der Waals surface area contributed by atoms with Crippen LogP contribution >= 0.6 is 11.3 Å². The van der Waals surface area contributed by atoms with Crippen molar-refractivity contribution in [2.45, 2.75) is 4.90 Å². The summed E-state index contributed by atoms with van der Waals surface area (Å²) in [6.07, 6.45) is 6.32. The maximum atomic E-state index is 13.1. The van der Waals surface area contributed by atoms with Crippen molar-refractivity contribution in [1.29, 1.82) is 0 Å². The molecular weight excluding hydrogens is 420 g/mol. The van der Waals surface area contributed by atoms with Gasteiger partial charge in [0.25, 0.3) is 5.91 Å². The number of rotatable bonds is 6. The zero-order valence-electron chi connectivity index (χ0n) is 16.1. The van der Waals surface area contributed by atoms with Crippen LogP contribution in [0.4, 0.5) is 5.13 Å². The van der Waals surface area contributed by atoms with E-state index in [2.05, 4.69) is 16.5 Å². The molecule has 0 fully saturated rings. The number of sulfone groups is 1. The Kier molecular flexibility index (Phi) is 5.23. The lowest BCUT2D eigenvalue weighted by Gasteiger charge is -2.16. The van der Waals surface area contributed by atoms with Crippen molar-refractivity contribution < 1.29 is 13.2 Å². The lowest BCUT2D eigenvalue weighted by molar-refractivity contribution is 0.0985. The van der Waals surface area contributed by atoms with Crippen LogP contribution in [0.25, 0.3) is 16.9 Å². The normalized spacial score (nSPS) is 11.5. The second-order valence-electron chi connectivity index (χ2n) is 6.61. The quantitative estimate of drug-likeness (QED) is 0.429. The van der Waals surface area contributed by atoms with Gasteiger partial charge in [0.2, 0.25) is 0 Å². The molecule has 3 heterocycles. The first-order valence-electron chi connectivity index (χ1n) is 8.99. The van der Waals surface area contributed by atoms with Gasteiger partial charge in [-0.05, 0) is 24.3 Å². The number of pyridine rings is 1. The predicted molar refractivity (Wildman–Crippen MR) is 118 cm³/mol. The molecule has 0 unspecified atom stereocenters. The van der Waals surface area contributed by atoms with E-state index in [0.717, 1.165) is 5.56 Å². The molecule has 0 aliphatic carbocycles. The van der Waals surface area contributed by atoms with Crippen molar-refractivity contribution in [1.82, 2.24) is 14.4 Å². The molecule has 4 rings (SSSR count). The fraction of sp³-hybridized carbons (Fsp3) is 0.0952. The first-order valence-corrected chi connectivity index (χ1v) is 11.8. The molecular formula is C21H18N4O3S2. The molecule has 7 nitrogen and oxygen atoms in total. The Balaban J connectivity index is 1.64. The smallest absolute Gasteiger partial charge is 0.280 e.